The fraction of sp³-hybridized carbons (Fsp3) is 0.400. The van der Waals surface area contributed by atoms with Crippen molar-refractivity contribution in [3.8, 4) is 10.4 Å². The number of carbonyl (C=O) groups excluding carboxylic acids is 1. The molecule has 0 atom stereocenters. The van der Waals surface area contributed by atoms with Gasteiger partial charge in [-0.3, -0.25) is 4.79 Å². The van der Waals surface area contributed by atoms with E-state index in [0.29, 0.717) is 28.9 Å². The van der Waals surface area contributed by atoms with Gasteiger partial charge in [0.2, 0.25) is 15.9 Å². The second kappa shape index (κ2) is 6.99. The molecule has 2 heterocycles. The molecule has 2 aromatic heterocycles. The van der Waals surface area contributed by atoms with Crippen LogP contribution < -0.4 is 10.0 Å². The third kappa shape index (κ3) is 4.35. The Morgan fingerprint density at radius 1 is 1.44 bits per heavy atom. The zero-order valence-corrected chi connectivity index (χ0v) is 16.1. The van der Waals surface area contributed by atoms with E-state index in [9.17, 15) is 13.2 Å². The first-order valence-electron chi connectivity index (χ1n) is 7.67. The van der Waals surface area contributed by atoms with Gasteiger partial charge >= 0.3 is 0 Å². The average Bonchev–Trinajstić information content (AvgIpc) is 3.29. The van der Waals surface area contributed by atoms with Crippen LogP contribution in [0.3, 0.4) is 0 Å². The highest BCUT2D eigenvalue weighted by Crippen LogP contribution is 2.35. The summed E-state index contributed by atoms with van der Waals surface area (Å²) in [5.41, 5.74) is 1.26. The summed E-state index contributed by atoms with van der Waals surface area (Å²) in [7, 11) is -3.73. The lowest BCUT2D eigenvalue weighted by Gasteiger charge is -2.09. The van der Waals surface area contributed by atoms with Crippen LogP contribution in [-0.2, 0) is 14.8 Å². The van der Waals surface area contributed by atoms with Crippen LogP contribution in [0, 0.1) is 12.8 Å². The molecule has 10 heteroatoms. The van der Waals surface area contributed by atoms with E-state index < -0.39 is 10.0 Å². The molecule has 134 valence electrons. The van der Waals surface area contributed by atoms with E-state index in [1.807, 2.05) is 0 Å². The Morgan fingerprint density at radius 2 is 2.16 bits per heavy atom. The summed E-state index contributed by atoms with van der Waals surface area (Å²) < 4.78 is 27.6. The van der Waals surface area contributed by atoms with E-state index in [1.54, 1.807) is 6.92 Å². The van der Waals surface area contributed by atoms with Gasteiger partial charge < -0.3 is 5.32 Å². The molecule has 1 fully saturated rings. The molecule has 2 aromatic rings. The maximum absolute atomic E-state index is 12.5. The summed E-state index contributed by atoms with van der Waals surface area (Å²) in [6.45, 7) is 3.59. The fourth-order valence-corrected chi connectivity index (χ4v) is 4.80. The standard InChI is InChI=1S/C15H17ClN4O3S2/c1-8-13(24-15(19-8)20-9(2)21)11-5-12(14(16)17-7-11)25(22,23)18-6-10-3-4-10/h5,7,10,18H,3-4,6H2,1-2H3,(H,19,20,21). The number of thiazole rings is 1. The van der Waals surface area contributed by atoms with Crippen LogP contribution in [0.15, 0.2) is 17.2 Å². The van der Waals surface area contributed by atoms with Crippen LogP contribution in [-0.4, -0.2) is 30.8 Å². The Bertz CT molecular complexity index is 923. The van der Waals surface area contributed by atoms with Gasteiger partial charge in [0.25, 0.3) is 0 Å². The van der Waals surface area contributed by atoms with E-state index in [4.69, 9.17) is 11.6 Å². The van der Waals surface area contributed by atoms with E-state index in [0.717, 1.165) is 17.7 Å². The van der Waals surface area contributed by atoms with Gasteiger partial charge in [-0.15, -0.1) is 0 Å². The molecule has 7 nitrogen and oxygen atoms in total. The third-order valence-corrected chi connectivity index (χ3v) is 6.67. The number of nitrogens with one attached hydrogen (secondary N) is 2. The van der Waals surface area contributed by atoms with Crippen molar-refractivity contribution >= 4 is 44.0 Å². The van der Waals surface area contributed by atoms with Crippen molar-refractivity contribution < 1.29 is 13.2 Å². The molecule has 1 aliphatic rings. The number of amides is 1. The number of hydrogen-bond donors (Lipinski definition) is 2. The average molecular weight is 401 g/mol. The fourth-order valence-electron chi connectivity index (χ4n) is 2.24. The first-order valence-corrected chi connectivity index (χ1v) is 10.3. The quantitative estimate of drug-likeness (QED) is 0.726. The van der Waals surface area contributed by atoms with E-state index in [1.165, 1.54) is 30.5 Å². The lowest BCUT2D eigenvalue weighted by Crippen LogP contribution is -2.26. The van der Waals surface area contributed by atoms with Gasteiger partial charge in [0.1, 0.15) is 10.0 Å². The lowest BCUT2D eigenvalue weighted by molar-refractivity contribution is -0.114. The number of pyridine rings is 1. The molecule has 1 saturated carbocycles. The van der Waals surface area contributed by atoms with Gasteiger partial charge in [-0.25, -0.2) is 23.1 Å². The molecule has 0 radical (unpaired) electrons. The summed E-state index contributed by atoms with van der Waals surface area (Å²) in [6.07, 6.45) is 3.58. The third-order valence-electron chi connectivity index (χ3n) is 3.70. The van der Waals surface area contributed by atoms with Crippen LogP contribution in [0.5, 0.6) is 0 Å². The van der Waals surface area contributed by atoms with Crippen LogP contribution >= 0.6 is 22.9 Å². The Hall–Kier alpha value is -1.55. The molecular formula is C15H17ClN4O3S2. The van der Waals surface area contributed by atoms with Crippen molar-refractivity contribution in [2.45, 2.75) is 31.6 Å². The molecule has 1 amide bonds. The summed E-state index contributed by atoms with van der Waals surface area (Å²) in [5.74, 6) is 0.190. The Morgan fingerprint density at radius 3 is 2.80 bits per heavy atom. The van der Waals surface area contributed by atoms with Crippen molar-refractivity contribution in [1.82, 2.24) is 14.7 Å². The number of halogens is 1. The topological polar surface area (TPSA) is 101 Å². The number of aryl methyl sites for hydroxylation is 1. The minimum absolute atomic E-state index is 0.0545. The summed E-state index contributed by atoms with van der Waals surface area (Å²) in [5, 5.41) is 3.00. The molecule has 25 heavy (non-hydrogen) atoms. The molecular weight excluding hydrogens is 384 g/mol. The maximum Gasteiger partial charge on any atom is 0.243 e. The SMILES string of the molecule is CC(=O)Nc1nc(C)c(-c2cnc(Cl)c(S(=O)(=O)NCC3CC3)c2)s1. The van der Waals surface area contributed by atoms with E-state index in [-0.39, 0.29) is 16.0 Å². The molecule has 0 aliphatic heterocycles. The Kier molecular flexibility index (Phi) is 5.10. The highest BCUT2D eigenvalue weighted by Gasteiger charge is 2.26. The molecule has 0 bridgehead atoms. The van der Waals surface area contributed by atoms with Crippen LogP contribution in [0.1, 0.15) is 25.5 Å². The number of carbonyl (C=O) groups is 1. The minimum Gasteiger partial charge on any atom is -0.302 e. The van der Waals surface area contributed by atoms with Crippen LogP contribution in [0.2, 0.25) is 5.15 Å². The van der Waals surface area contributed by atoms with E-state index in [2.05, 4.69) is 20.0 Å². The number of aromatic nitrogens is 2. The molecule has 0 aromatic carbocycles. The second-order valence-corrected chi connectivity index (χ2v) is 9.02. The van der Waals surface area contributed by atoms with Crippen LogP contribution in [0.4, 0.5) is 5.13 Å². The molecule has 0 unspecified atom stereocenters. The summed E-state index contributed by atoms with van der Waals surface area (Å²) in [6, 6.07) is 1.49. The van der Waals surface area contributed by atoms with Crippen molar-refractivity contribution in [2.75, 3.05) is 11.9 Å². The van der Waals surface area contributed by atoms with Gasteiger partial charge in [0.05, 0.1) is 10.6 Å². The largest absolute Gasteiger partial charge is 0.302 e. The maximum atomic E-state index is 12.5. The minimum atomic E-state index is -3.73. The van der Waals surface area contributed by atoms with Crippen molar-refractivity contribution in [3.05, 3.63) is 23.1 Å². The number of nitrogens with zero attached hydrogens (tertiary/aromatic N) is 2. The number of rotatable bonds is 6. The van der Waals surface area contributed by atoms with Crippen LogP contribution in [0.25, 0.3) is 10.4 Å². The molecule has 0 saturated heterocycles. The number of sulfonamides is 1. The predicted octanol–water partition coefficient (Wildman–Crippen LogP) is 2.81. The number of hydrogen-bond acceptors (Lipinski definition) is 6. The van der Waals surface area contributed by atoms with Gasteiger partial charge in [0, 0.05) is 25.2 Å². The van der Waals surface area contributed by atoms with Crippen molar-refractivity contribution in [3.63, 3.8) is 0 Å². The monoisotopic (exact) mass is 400 g/mol. The summed E-state index contributed by atoms with van der Waals surface area (Å²) in [4.78, 5) is 20.1. The van der Waals surface area contributed by atoms with Crippen molar-refractivity contribution in [1.29, 1.82) is 0 Å². The van der Waals surface area contributed by atoms with E-state index >= 15 is 0 Å². The normalized spacial score (nSPS) is 14.5. The van der Waals surface area contributed by atoms with Gasteiger partial charge in [-0.1, -0.05) is 22.9 Å². The van der Waals surface area contributed by atoms with Gasteiger partial charge in [-0.05, 0) is 31.7 Å². The zero-order valence-electron chi connectivity index (χ0n) is 13.7. The number of anilines is 1. The van der Waals surface area contributed by atoms with Crippen molar-refractivity contribution in [2.24, 2.45) is 5.92 Å². The second-order valence-electron chi connectivity index (χ2n) is 5.92. The Labute approximate surface area is 154 Å². The highest BCUT2D eigenvalue weighted by molar-refractivity contribution is 7.89. The first-order chi connectivity index (χ1) is 11.8. The molecule has 0 spiro atoms. The van der Waals surface area contributed by atoms with Gasteiger partial charge in [-0.2, -0.15) is 0 Å². The zero-order chi connectivity index (χ0) is 18.2. The predicted molar refractivity (Wildman–Crippen MR) is 97.3 cm³/mol. The highest BCUT2D eigenvalue weighted by atomic mass is 35.5. The molecule has 1 aliphatic carbocycles. The first kappa shape index (κ1) is 18.2. The molecule has 3 rings (SSSR count). The lowest BCUT2D eigenvalue weighted by atomic mass is 10.2. The summed E-state index contributed by atoms with van der Waals surface area (Å²) >= 11 is 7.27. The smallest absolute Gasteiger partial charge is 0.243 e. The Balaban J connectivity index is 1.93. The molecule has 2 N–H and O–H groups in total. The van der Waals surface area contributed by atoms with Gasteiger partial charge in [0.15, 0.2) is 5.13 Å².